The number of sulfonamides is 1. The van der Waals surface area contributed by atoms with Gasteiger partial charge in [0.1, 0.15) is 6.04 Å². The Bertz CT molecular complexity index is 1070. The van der Waals surface area contributed by atoms with E-state index in [0.29, 0.717) is 30.2 Å². The third-order valence-electron chi connectivity index (χ3n) is 5.37. The number of hydrogen-bond acceptors (Lipinski definition) is 4. The van der Waals surface area contributed by atoms with E-state index in [1.807, 2.05) is 38.1 Å². The van der Waals surface area contributed by atoms with Crippen molar-refractivity contribution in [2.75, 3.05) is 23.7 Å². The zero-order valence-corrected chi connectivity index (χ0v) is 21.1. The van der Waals surface area contributed by atoms with E-state index in [-0.39, 0.29) is 24.8 Å². The lowest BCUT2D eigenvalue weighted by molar-refractivity contribution is -0.140. The Hall–Kier alpha value is -2.58. The highest BCUT2D eigenvalue weighted by atomic mass is 35.5. The molecule has 0 fully saturated rings. The van der Waals surface area contributed by atoms with Gasteiger partial charge in [-0.2, -0.15) is 0 Å². The molecule has 0 saturated heterocycles. The number of carbonyl (C=O) groups is 2. The Morgan fingerprint density at radius 3 is 2.42 bits per heavy atom. The standard InChI is InChI=1S/C24H32ClN3O4S/c1-5-26-24(30)19(3)27(17-20-11-7-6-10-18(20)2)23(29)14-9-15-28(33(4,31)32)22-13-8-12-21(25)16-22/h6-8,10-13,16,19H,5,9,14-15,17H2,1-4H3,(H,26,30)/t19-/m1/s1. The van der Waals surface area contributed by atoms with Crippen molar-refractivity contribution in [1.82, 2.24) is 10.2 Å². The van der Waals surface area contributed by atoms with Crippen molar-refractivity contribution in [3.8, 4) is 0 Å². The predicted octanol–water partition coefficient (Wildman–Crippen LogP) is 3.75. The van der Waals surface area contributed by atoms with Crippen LogP contribution in [0.4, 0.5) is 5.69 Å². The molecule has 1 atom stereocenters. The second kappa shape index (κ2) is 12.0. The highest BCUT2D eigenvalue weighted by molar-refractivity contribution is 7.92. The van der Waals surface area contributed by atoms with Crippen LogP contribution in [0.1, 0.15) is 37.8 Å². The van der Waals surface area contributed by atoms with E-state index in [1.165, 1.54) is 4.31 Å². The fourth-order valence-corrected chi connectivity index (χ4v) is 4.65. The number of halogens is 1. The van der Waals surface area contributed by atoms with Crippen molar-refractivity contribution in [1.29, 1.82) is 0 Å². The van der Waals surface area contributed by atoms with Crippen LogP contribution in [0.25, 0.3) is 0 Å². The molecule has 0 unspecified atom stereocenters. The van der Waals surface area contributed by atoms with Gasteiger partial charge in [0, 0.05) is 31.1 Å². The molecule has 180 valence electrons. The lowest BCUT2D eigenvalue weighted by atomic mass is 10.1. The van der Waals surface area contributed by atoms with E-state index in [1.54, 1.807) is 36.1 Å². The molecule has 0 bridgehead atoms. The van der Waals surface area contributed by atoms with Gasteiger partial charge in [-0.05, 0) is 56.5 Å². The van der Waals surface area contributed by atoms with Crippen LogP contribution in [0.15, 0.2) is 48.5 Å². The second-order valence-corrected chi connectivity index (χ2v) is 10.3. The highest BCUT2D eigenvalue weighted by Gasteiger charge is 2.26. The van der Waals surface area contributed by atoms with Crippen LogP contribution >= 0.6 is 11.6 Å². The topological polar surface area (TPSA) is 86.8 Å². The quantitative estimate of drug-likeness (QED) is 0.516. The van der Waals surface area contributed by atoms with Gasteiger partial charge in [-0.25, -0.2) is 8.42 Å². The van der Waals surface area contributed by atoms with E-state index >= 15 is 0 Å². The average molecular weight is 494 g/mol. The number of rotatable bonds is 11. The summed E-state index contributed by atoms with van der Waals surface area (Å²) >= 11 is 6.02. The van der Waals surface area contributed by atoms with Crippen LogP contribution in [0.2, 0.25) is 5.02 Å². The first-order valence-electron chi connectivity index (χ1n) is 10.9. The van der Waals surface area contributed by atoms with Crippen molar-refractivity contribution in [2.45, 2.75) is 46.2 Å². The van der Waals surface area contributed by atoms with Crippen LogP contribution in [0, 0.1) is 6.92 Å². The number of amides is 2. The number of nitrogens with one attached hydrogen (secondary N) is 1. The maximum Gasteiger partial charge on any atom is 0.242 e. The molecule has 2 aromatic rings. The minimum atomic E-state index is -3.56. The fourth-order valence-electron chi connectivity index (χ4n) is 3.51. The van der Waals surface area contributed by atoms with Gasteiger partial charge in [0.05, 0.1) is 11.9 Å². The van der Waals surface area contributed by atoms with Crippen LogP contribution in [0.5, 0.6) is 0 Å². The summed E-state index contributed by atoms with van der Waals surface area (Å²) in [6.45, 7) is 6.39. The van der Waals surface area contributed by atoms with Gasteiger partial charge in [0.2, 0.25) is 21.8 Å². The first-order chi connectivity index (χ1) is 15.5. The third kappa shape index (κ3) is 7.75. The van der Waals surface area contributed by atoms with Crippen molar-refractivity contribution >= 4 is 39.1 Å². The Morgan fingerprint density at radius 1 is 1.12 bits per heavy atom. The highest BCUT2D eigenvalue weighted by Crippen LogP contribution is 2.23. The summed E-state index contributed by atoms with van der Waals surface area (Å²) < 4.78 is 25.9. The molecule has 2 rings (SSSR count). The monoisotopic (exact) mass is 493 g/mol. The molecule has 1 N–H and O–H groups in total. The maximum atomic E-state index is 13.2. The molecule has 2 amide bonds. The molecule has 0 aliphatic carbocycles. The molecule has 0 radical (unpaired) electrons. The Labute approximate surface area is 201 Å². The molecule has 33 heavy (non-hydrogen) atoms. The molecule has 7 nitrogen and oxygen atoms in total. The van der Waals surface area contributed by atoms with E-state index in [2.05, 4.69) is 5.32 Å². The lowest BCUT2D eigenvalue weighted by Crippen LogP contribution is -2.47. The molecule has 0 saturated carbocycles. The Balaban J connectivity index is 2.16. The number of likely N-dealkylation sites (N-methyl/N-ethyl adjacent to an activating group) is 1. The number of aryl methyl sites for hydroxylation is 1. The molecule has 0 aliphatic rings. The number of nitrogens with zero attached hydrogens (tertiary/aromatic N) is 2. The molecule has 0 spiro atoms. The summed E-state index contributed by atoms with van der Waals surface area (Å²) in [6.07, 6.45) is 1.52. The molecule has 0 aliphatic heterocycles. The van der Waals surface area contributed by atoms with Crippen LogP contribution in [-0.4, -0.2) is 50.5 Å². The largest absolute Gasteiger partial charge is 0.355 e. The van der Waals surface area contributed by atoms with Crippen molar-refractivity contribution < 1.29 is 18.0 Å². The zero-order chi connectivity index (χ0) is 24.6. The van der Waals surface area contributed by atoms with Gasteiger partial charge in [-0.3, -0.25) is 13.9 Å². The van der Waals surface area contributed by atoms with Crippen LogP contribution in [-0.2, 0) is 26.2 Å². The fraction of sp³-hybridized carbons (Fsp3) is 0.417. The smallest absolute Gasteiger partial charge is 0.242 e. The Kier molecular flexibility index (Phi) is 9.73. The van der Waals surface area contributed by atoms with Gasteiger partial charge < -0.3 is 10.2 Å². The normalized spacial score (nSPS) is 12.2. The minimum Gasteiger partial charge on any atom is -0.355 e. The lowest BCUT2D eigenvalue weighted by Gasteiger charge is -2.30. The van der Waals surface area contributed by atoms with Gasteiger partial charge in [0.15, 0.2) is 0 Å². The average Bonchev–Trinajstić information content (AvgIpc) is 2.74. The predicted molar refractivity (Wildman–Crippen MR) is 133 cm³/mol. The van der Waals surface area contributed by atoms with Gasteiger partial charge in [-0.1, -0.05) is 41.9 Å². The van der Waals surface area contributed by atoms with E-state index in [9.17, 15) is 18.0 Å². The maximum absolute atomic E-state index is 13.2. The summed E-state index contributed by atoms with van der Waals surface area (Å²) in [5, 5.41) is 3.20. The summed E-state index contributed by atoms with van der Waals surface area (Å²) in [7, 11) is -3.56. The molecule has 0 aromatic heterocycles. The first-order valence-corrected chi connectivity index (χ1v) is 13.1. The van der Waals surface area contributed by atoms with Gasteiger partial charge in [-0.15, -0.1) is 0 Å². The van der Waals surface area contributed by atoms with Crippen molar-refractivity contribution in [3.05, 3.63) is 64.7 Å². The van der Waals surface area contributed by atoms with E-state index in [0.717, 1.165) is 17.4 Å². The van der Waals surface area contributed by atoms with Gasteiger partial charge >= 0.3 is 0 Å². The van der Waals surface area contributed by atoms with Crippen molar-refractivity contribution in [2.24, 2.45) is 0 Å². The SMILES string of the molecule is CCNC(=O)[C@@H](C)N(Cc1ccccc1C)C(=O)CCCN(c1cccc(Cl)c1)S(C)(=O)=O. The molecular formula is C24H32ClN3O4S. The Morgan fingerprint density at radius 2 is 1.82 bits per heavy atom. The number of carbonyl (C=O) groups excluding carboxylic acids is 2. The van der Waals surface area contributed by atoms with E-state index in [4.69, 9.17) is 11.6 Å². The molecule has 2 aromatic carbocycles. The third-order valence-corrected chi connectivity index (χ3v) is 6.80. The number of hydrogen-bond donors (Lipinski definition) is 1. The van der Waals surface area contributed by atoms with Gasteiger partial charge in [0.25, 0.3) is 0 Å². The molecular weight excluding hydrogens is 462 g/mol. The second-order valence-electron chi connectivity index (χ2n) is 7.94. The molecule has 9 heteroatoms. The zero-order valence-electron chi connectivity index (χ0n) is 19.5. The summed E-state index contributed by atoms with van der Waals surface area (Å²) in [6, 6.07) is 13.7. The minimum absolute atomic E-state index is 0.0994. The van der Waals surface area contributed by atoms with Crippen LogP contribution < -0.4 is 9.62 Å². The van der Waals surface area contributed by atoms with E-state index < -0.39 is 16.1 Å². The summed E-state index contributed by atoms with van der Waals surface area (Å²) in [5.41, 5.74) is 2.44. The number of anilines is 1. The molecule has 0 heterocycles. The summed E-state index contributed by atoms with van der Waals surface area (Å²) in [5.74, 6) is -0.437. The number of benzene rings is 2. The summed E-state index contributed by atoms with van der Waals surface area (Å²) in [4.78, 5) is 27.2. The van der Waals surface area contributed by atoms with Crippen molar-refractivity contribution in [3.63, 3.8) is 0 Å². The van der Waals surface area contributed by atoms with Crippen LogP contribution in [0.3, 0.4) is 0 Å². The first kappa shape index (κ1) is 26.7.